The molecule has 2 heterocycles. The molecule has 0 radical (unpaired) electrons. The van der Waals surface area contributed by atoms with E-state index in [2.05, 4.69) is 254 Å². The van der Waals surface area contributed by atoms with Crippen molar-refractivity contribution in [2.45, 2.75) is 19.3 Å². The van der Waals surface area contributed by atoms with Gasteiger partial charge in [0.25, 0.3) is 0 Å². The summed E-state index contributed by atoms with van der Waals surface area (Å²) < 4.78 is 9.48. The van der Waals surface area contributed by atoms with Crippen molar-refractivity contribution >= 4 is 82.4 Å². The lowest BCUT2D eigenvalue weighted by atomic mass is 9.82. The number of benzene rings is 11. The summed E-state index contributed by atoms with van der Waals surface area (Å²) in [5.41, 5.74) is 18.2. The van der Waals surface area contributed by atoms with E-state index in [1.807, 2.05) is 0 Å². The Kier molecular flexibility index (Phi) is 8.33. The molecular formula is C65H44N2O. The SMILES string of the molecule is CC1(C)c2ccccc2-c2c(N(c3ccc(-c4ccc5c6ccccc6n(-c6ccccc6)c5c4)cc3)c3ccc(-c4cc5ccccc5c5ccccc45)c4oc5ccccc5c34)cccc21. The summed E-state index contributed by atoms with van der Waals surface area (Å²) in [5.74, 6) is 0. The molecule has 0 aliphatic heterocycles. The molecule has 13 aromatic rings. The first-order valence-corrected chi connectivity index (χ1v) is 23.6. The first-order chi connectivity index (χ1) is 33.5. The highest BCUT2D eigenvalue weighted by atomic mass is 16.3. The maximum Gasteiger partial charge on any atom is 0.145 e. The van der Waals surface area contributed by atoms with E-state index in [1.165, 1.54) is 71.2 Å². The maximum absolute atomic E-state index is 7.09. The van der Waals surface area contributed by atoms with Gasteiger partial charge in [0.15, 0.2) is 0 Å². The molecule has 0 N–H and O–H groups in total. The zero-order valence-corrected chi connectivity index (χ0v) is 37.7. The van der Waals surface area contributed by atoms with Crippen LogP contribution in [0.3, 0.4) is 0 Å². The Morgan fingerprint density at radius 1 is 0.412 bits per heavy atom. The van der Waals surface area contributed by atoms with Gasteiger partial charge in [-0.05, 0) is 122 Å². The molecule has 11 aromatic carbocycles. The smallest absolute Gasteiger partial charge is 0.145 e. The van der Waals surface area contributed by atoms with E-state index >= 15 is 0 Å². The predicted molar refractivity (Wildman–Crippen MR) is 286 cm³/mol. The second-order valence-electron chi connectivity index (χ2n) is 18.8. The highest BCUT2D eigenvalue weighted by Crippen LogP contribution is 2.56. The maximum atomic E-state index is 7.09. The second kappa shape index (κ2) is 14.7. The minimum Gasteiger partial charge on any atom is -0.455 e. The quantitative estimate of drug-likeness (QED) is 0.155. The van der Waals surface area contributed by atoms with Crippen LogP contribution in [0.1, 0.15) is 25.0 Å². The first-order valence-electron chi connectivity index (χ1n) is 23.6. The number of hydrogen-bond donors (Lipinski definition) is 0. The third kappa shape index (κ3) is 5.60. The fourth-order valence-electron chi connectivity index (χ4n) is 11.6. The van der Waals surface area contributed by atoms with Crippen LogP contribution in [0.5, 0.6) is 0 Å². The Bertz CT molecular complexity index is 4170. The van der Waals surface area contributed by atoms with Crippen molar-refractivity contribution in [1.82, 2.24) is 4.57 Å². The van der Waals surface area contributed by atoms with Crippen LogP contribution in [0.15, 0.2) is 235 Å². The molecule has 0 amide bonds. The number of rotatable bonds is 6. The molecule has 1 aliphatic carbocycles. The summed E-state index contributed by atoms with van der Waals surface area (Å²) in [6.07, 6.45) is 0. The number of furan rings is 1. The lowest BCUT2D eigenvalue weighted by molar-refractivity contribution is 0.660. The molecule has 14 rings (SSSR count). The number of para-hydroxylation sites is 3. The van der Waals surface area contributed by atoms with Crippen LogP contribution >= 0.6 is 0 Å². The number of fused-ring (bicyclic) bond motifs is 12. The molecule has 1 aliphatic rings. The monoisotopic (exact) mass is 868 g/mol. The topological polar surface area (TPSA) is 21.3 Å². The minimum atomic E-state index is -0.170. The Hall–Kier alpha value is -8.66. The van der Waals surface area contributed by atoms with Crippen LogP contribution in [0, 0.1) is 0 Å². The van der Waals surface area contributed by atoms with Crippen molar-refractivity contribution in [3.8, 4) is 39.1 Å². The lowest BCUT2D eigenvalue weighted by Crippen LogP contribution is -2.16. The Morgan fingerprint density at radius 2 is 1.07 bits per heavy atom. The van der Waals surface area contributed by atoms with Crippen LogP contribution < -0.4 is 4.90 Å². The number of anilines is 3. The van der Waals surface area contributed by atoms with E-state index in [-0.39, 0.29) is 5.41 Å². The number of nitrogens with zero attached hydrogens (tertiary/aromatic N) is 2. The first kappa shape index (κ1) is 38.6. The highest BCUT2D eigenvalue weighted by Gasteiger charge is 2.38. The van der Waals surface area contributed by atoms with Crippen molar-refractivity contribution < 1.29 is 4.42 Å². The molecule has 3 heteroatoms. The average Bonchev–Trinajstić information content (AvgIpc) is 4.03. The van der Waals surface area contributed by atoms with Gasteiger partial charge in [0.05, 0.1) is 27.8 Å². The molecule has 0 bridgehead atoms. The van der Waals surface area contributed by atoms with E-state index < -0.39 is 0 Å². The van der Waals surface area contributed by atoms with Gasteiger partial charge >= 0.3 is 0 Å². The van der Waals surface area contributed by atoms with Gasteiger partial charge in [0, 0.05) is 44.1 Å². The zero-order valence-electron chi connectivity index (χ0n) is 37.7. The fourth-order valence-corrected chi connectivity index (χ4v) is 11.6. The van der Waals surface area contributed by atoms with Crippen molar-refractivity contribution in [3.05, 3.63) is 242 Å². The van der Waals surface area contributed by atoms with Gasteiger partial charge in [0.2, 0.25) is 0 Å². The van der Waals surface area contributed by atoms with E-state index in [1.54, 1.807) is 0 Å². The zero-order chi connectivity index (χ0) is 45.1. The Balaban J connectivity index is 1.01. The van der Waals surface area contributed by atoms with Crippen molar-refractivity contribution in [1.29, 1.82) is 0 Å². The molecule has 0 atom stereocenters. The lowest BCUT2D eigenvalue weighted by Gasteiger charge is -2.30. The van der Waals surface area contributed by atoms with Gasteiger partial charge in [-0.1, -0.05) is 178 Å². The molecule has 3 nitrogen and oxygen atoms in total. The van der Waals surface area contributed by atoms with Crippen molar-refractivity contribution in [3.63, 3.8) is 0 Å². The summed E-state index contributed by atoms with van der Waals surface area (Å²) in [6, 6.07) is 84.3. The normalized spacial score (nSPS) is 13.0. The van der Waals surface area contributed by atoms with Crippen LogP contribution in [-0.2, 0) is 5.41 Å². The summed E-state index contributed by atoms with van der Waals surface area (Å²) in [7, 11) is 0. The van der Waals surface area contributed by atoms with Crippen LogP contribution in [0.25, 0.3) is 104 Å². The van der Waals surface area contributed by atoms with E-state index in [0.717, 1.165) is 61.4 Å². The van der Waals surface area contributed by atoms with Gasteiger partial charge in [-0.3, -0.25) is 0 Å². The largest absolute Gasteiger partial charge is 0.455 e. The van der Waals surface area contributed by atoms with E-state index in [9.17, 15) is 0 Å². The van der Waals surface area contributed by atoms with Crippen molar-refractivity contribution in [2.24, 2.45) is 0 Å². The molecule has 68 heavy (non-hydrogen) atoms. The fraction of sp³-hybridized carbons (Fsp3) is 0.0462. The van der Waals surface area contributed by atoms with Crippen molar-refractivity contribution in [2.75, 3.05) is 4.90 Å². The minimum absolute atomic E-state index is 0.170. The molecule has 0 fully saturated rings. The number of aromatic nitrogens is 1. The highest BCUT2D eigenvalue weighted by molar-refractivity contribution is 6.21. The van der Waals surface area contributed by atoms with Gasteiger partial charge in [0.1, 0.15) is 11.2 Å². The summed E-state index contributed by atoms with van der Waals surface area (Å²) in [4.78, 5) is 2.49. The second-order valence-corrected chi connectivity index (χ2v) is 18.8. The van der Waals surface area contributed by atoms with Gasteiger partial charge in [-0.15, -0.1) is 0 Å². The van der Waals surface area contributed by atoms with E-state index in [0.29, 0.717) is 0 Å². The van der Waals surface area contributed by atoms with Crippen LogP contribution in [0.2, 0.25) is 0 Å². The third-order valence-corrected chi connectivity index (χ3v) is 14.8. The Morgan fingerprint density at radius 3 is 1.93 bits per heavy atom. The predicted octanol–water partition coefficient (Wildman–Crippen LogP) is 18.1. The van der Waals surface area contributed by atoms with Crippen LogP contribution in [0.4, 0.5) is 17.1 Å². The number of hydrogen-bond acceptors (Lipinski definition) is 2. The molecule has 0 saturated carbocycles. The molecular weight excluding hydrogens is 825 g/mol. The van der Waals surface area contributed by atoms with Gasteiger partial charge in [-0.2, -0.15) is 0 Å². The van der Waals surface area contributed by atoms with E-state index in [4.69, 9.17) is 4.42 Å². The third-order valence-electron chi connectivity index (χ3n) is 14.8. The molecule has 2 aromatic heterocycles. The Labute approximate surface area is 394 Å². The molecule has 0 spiro atoms. The molecule has 0 unspecified atom stereocenters. The molecule has 0 saturated heterocycles. The summed E-state index contributed by atoms with van der Waals surface area (Å²) in [6.45, 7) is 4.72. The average molecular weight is 869 g/mol. The molecule has 320 valence electrons. The van der Waals surface area contributed by atoms with Gasteiger partial charge in [-0.25, -0.2) is 0 Å². The van der Waals surface area contributed by atoms with Gasteiger partial charge < -0.3 is 13.9 Å². The summed E-state index contributed by atoms with van der Waals surface area (Å²) in [5, 5.41) is 9.56. The van der Waals surface area contributed by atoms with Crippen LogP contribution in [-0.4, -0.2) is 4.57 Å². The summed E-state index contributed by atoms with van der Waals surface area (Å²) >= 11 is 0. The standard InChI is InChI=1S/C65H44N2O/c1-65(2)55-26-13-10-24-52(55)62-56(65)27-16-29-58(62)67(45-34-31-41(32-35-45)42-33-36-50-49-23-11-14-28-57(49)66(60(50)40-42)44-18-4-3-5-19-44)59-38-37-51(64-63(59)53-25-12-15-30-61(53)68-64)54-39-43-17-6-7-20-46(43)47-21-8-9-22-48(47)54/h3-40H,1-2H3.